The van der Waals surface area contributed by atoms with Gasteiger partial charge in [0.2, 0.25) is 0 Å². The number of nitrogens with one attached hydrogen (secondary N) is 1. The molecule has 0 radical (unpaired) electrons. The van der Waals surface area contributed by atoms with Gasteiger partial charge < -0.3 is 5.32 Å². The minimum absolute atomic E-state index is 0.495. The highest BCUT2D eigenvalue weighted by molar-refractivity contribution is 5.11. The maximum absolute atomic E-state index is 4.12. The lowest BCUT2D eigenvalue weighted by atomic mass is 10.0. The van der Waals surface area contributed by atoms with E-state index in [9.17, 15) is 0 Å². The van der Waals surface area contributed by atoms with Gasteiger partial charge in [0.1, 0.15) is 0 Å². The molecule has 0 aromatic heterocycles. The number of rotatable bonds is 9. The zero-order valence-corrected chi connectivity index (χ0v) is 11.6. The fraction of sp³-hybridized carbons (Fsp3) is 0.733. The second-order valence-electron chi connectivity index (χ2n) is 4.55. The van der Waals surface area contributed by atoms with Crippen molar-refractivity contribution in [3.8, 4) is 0 Å². The summed E-state index contributed by atoms with van der Waals surface area (Å²) in [5.74, 6) is 0. The van der Waals surface area contributed by atoms with E-state index in [0.29, 0.717) is 6.04 Å². The predicted octanol–water partition coefficient (Wildman–Crippen LogP) is 4.80. The van der Waals surface area contributed by atoms with Gasteiger partial charge in [-0.15, -0.1) is 0 Å². The van der Waals surface area contributed by atoms with Crippen LogP contribution in [0.4, 0.5) is 0 Å². The molecule has 0 aromatic carbocycles. The zero-order valence-electron chi connectivity index (χ0n) is 11.6. The molecule has 1 heteroatoms. The number of hydrogen-bond acceptors (Lipinski definition) is 1. The Morgan fingerprint density at radius 1 is 1.25 bits per heavy atom. The first-order valence-corrected chi connectivity index (χ1v) is 6.76. The molecule has 0 spiro atoms. The van der Waals surface area contributed by atoms with E-state index in [-0.39, 0.29) is 0 Å². The maximum atomic E-state index is 4.12. The van der Waals surface area contributed by atoms with Crippen molar-refractivity contribution in [2.45, 2.75) is 72.3 Å². The van der Waals surface area contributed by atoms with E-state index < -0.39 is 0 Å². The molecule has 0 amide bonds. The summed E-state index contributed by atoms with van der Waals surface area (Å²) in [6.07, 6.45) is 9.44. The summed E-state index contributed by atoms with van der Waals surface area (Å²) in [6, 6.07) is 0.495. The Morgan fingerprint density at radius 2 is 1.94 bits per heavy atom. The van der Waals surface area contributed by atoms with Gasteiger partial charge in [-0.25, -0.2) is 0 Å². The third kappa shape index (κ3) is 6.71. The summed E-state index contributed by atoms with van der Waals surface area (Å²) in [5, 5.41) is 3.57. The van der Waals surface area contributed by atoms with Gasteiger partial charge in [0, 0.05) is 11.7 Å². The fourth-order valence-corrected chi connectivity index (χ4v) is 1.88. The van der Waals surface area contributed by atoms with E-state index in [1.165, 1.54) is 37.0 Å². The summed E-state index contributed by atoms with van der Waals surface area (Å²) < 4.78 is 0. The van der Waals surface area contributed by atoms with Gasteiger partial charge in [-0.1, -0.05) is 51.8 Å². The average molecular weight is 223 g/mol. The molecule has 0 aliphatic heterocycles. The molecule has 0 aliphatic carbocycles. The number of hydrogen-bond donors (Lipinski definition) is 1. The van der Waals surface area contributed by atoms with Crippen LogP contribution in [-0.2, 0) is 0 Å². The Labute approximate surface area is 102 Å². The molecule has 1 atom stereocenters. The predicted molar refractivity (Wildman–Crippen MR) is 74.5 cm³/mol. The molecule has 0 saturated heterocycles. The van der Waals surface area contributed by atoms with Gasteiger partial charge in [0.15, 0.2) is 0 Å². The van der Waals surface area contributed by atoms with E-state index >= 15 is 0 Å². The normalized spacial score (nSPS) is 13.6. The van der Waals surface area contributed by atoms with Crippen molar-refractivity contribution in [1.29, 1.82) is 0 Å². The van der Waals surface area contributed by atoms with Crippen LogP contribution in [0, 0.1) is 0 Å². The second kappa shape index (κ2) is 9.50. The van der Waals surface area contributed by atoms with Crippen LogP contribution in [0.1, 0.15) is 66.2 Å². The average Bonchev–Trinajstić information content (AvgIpc) is 2.26. The highest BCUT2D eigenvalue weighted by Gasteiger charge is 2.09. The van der Waals surface area contributed by atoms with Crippen LogP contribution < -0.4 is 5.32 Å². The Balaban J connectivity index is 4.21. The first-order chi connectivity index (χ1) is 7.65. The smallest absolute Gasteiger partial charge is 0.0467 e. The molecule has 1 unspecified atom stereocenters. The molecule has 16 heavy (non-hydrogen) atoms. The molecule has 0 bridgehead atoms. The van der Waals surface area contributed by atoms with Crippen molar-refractivity contribution in [3.63, 3.8) is 0 Å². The largest absolute Gasteiger partial charge is 0.382 e. The van der Waals surface area contributed by atoms with Gasteiger partial charge in [-0.2, -0.15) is 0 Å². The van der Waals surface area contributed by atoms with E-state index in [1.807, 2.05) is 0 Å². The van der Waals surface area contributed by atoms with Crippen LogP contribution >= 0.6 is 0 Å². The lowest BCUT2D eigenvalue weighted by molar-refractivity contribution is 0.560. The van der Waals surface area contributed by atoms with E-state index in [4.69, 9.17) is 0 Å². The van der Waals surface area contributed by atoms with Crippen LogP contribution in [-0.4, -0.2) is 6.04 Å². The van der Waals surface area contributed by atoms with Crippen LogP contribution in [0.3, 0.4) is 0 Å². The zero-order chi connectivity index (χ0) is 12.4. The lowest BCUT2D eigenvalue weighted by Crippen LogP contribution is -2.29. The molecule has 1 N–H and O–H groups in total. The number of allylic oxidation sites excluding steroid dienone is 2. The number of unbranched alkanes of at least 4 members (excludes halogenated alkanes) is 1. The first kappa shape index (κ1) is 15.3. The topological polar surface area (TPSA) is 12.0 Å². The molecule has 1 nitrogen and oxygen atoms in total. The highest BCUT2D eigenvalue weighted by Crippen LogP contribution is 2.12. The molecule has 0 rings (SSSR count). The Hall–Kier alpha value is -0.720. The highest BCUT2D eigenvalue weighted by atomic mass is 14.9. The van der Waals surface area contributed by atoms with Crippen LogP contribution in [0.25, 0.3) is 0 Å². The maximum Gasteiger partial charge on any atom is 0.0467 e. The standard InChI is InChI=1S/C15H29N/c1-6-9-12-14(5)16-15(11-8-3)13(4)10-7-2/h10,15-16H,5-9,11-12H2,1-4H3/b13-10-. The molecular formula is C15H29N. The molecule has 0 aromatic rings. The molecule has 0 heterocycles. The molecule has 0 fully saturated rings. The second-order valence-corrected chi connectivity index (χ2v) is 4.55. The third-order valence-electron chi connectivity index (χ3n) is 2.86. The first-order valence-electron chi connectivity index (χ1n) is 6.76. The summed E-state index contributed by atoms with van der Waals surface area (Å²) in [4.78, 5) is 0. The van der Waals surface area contributed by atoms with Crippen molar-refractivity contribution >= 4 is 0 Å². The minimum atomic E-state index is 0.495. The van der Waals surface area contributed by atoms with Gasteiger partial charge in [-0.05, 0) is 32.6 Å². The summed E-state index contributed by atoms with van der Waals surface area (Å²) in [6.45, 7) is 13.0. The van der Waals surface area contributed by atoms with Crippen molar-refractivity contribution in [1.82, 2.24) is 5.32 Å². The van der Waals surface area contributed by atoms with Crippen molar-refractivity contribution < 1.29 is 0 Å². The minimum Gasteiger partial charge on any atom is -0.382 e. The summed E-state index contributed by atoms with van der Waals surface area (Å²) in [5.41, 5.74) is 2.66. The Kier molecular flexibility index (Phi) is 9.07. The summed E-state index contributed by atoms with van der Waals surface area (Å²) >= 11 is 0. The Bertz CT molecular complexity index is 215. The molecule has 0 saturated carbocycles. The van der Waals surface area contributed by atoms with Crippen molar-refractivity contribution in [2.24, 2.45) is 0 Å². The Morgan fingerprint density at radius 3 is 2.44 bits per heavy atom. The van der Waals surface area contributed by atoms with E-state index in [0.717, 1.165) is 12.8 Å². The third-order valence-corrected chi connectivity index (χ3v) is 2.86. The van der Waals surface area contributed by atoms with Gasteiger partial charge in [0.05, 0.1) is 0 Å². The van der Waals surface area contributed by atoms with Crippen molar-refractivity contribution in [2.75, 3.05) is 0 Å². The molecule has 0 aliphatic rings. The van der Waals surface area contributed by atoms with Crippen molar-refractivity contribution in [3.05, 3.63) is 23.9 Å². The van der Waals surface area contributed by atoms with Gasteiger partial charge in [0.25, 0.3) is 0 Å². The van der Waals surface area contributed by atoms with Crippen LogP contribution in [0.15, 0.2) is 23.9 Å². The van der Waals surface area contributed by atoms with Gasteiger partial charge >= 0.3 is 0 Å². The fourth-order valence-electron chi connectivity index (χ4n) is 1.88. The monoisotopic (exact) mass is 223 g/mol. The molecular weight excluding hydrogens is 194 g/mol. The quantitative estimate of drug-likeness (QED) is 0.553. The van der Waals surface area contributed by atoms with Crippen LogP contribution in [0.2, 0.25) is 0 Å². The van der Waals surface area contributed by atoms with Crippen LogP contribution in [0.5, 0.6) is 0 Å². The van der Waals surface area contributed by atoms with E-state index in [2.05, 4.69) is 45.7 Å². The summed E-state index contributed by atoms with van der Waals surface area (Å²) in [7, 11) is 0. The van der Waals surface area contributed by atoms with E-state index in [1.54, 1.807) is 0 Å². The van der Waals surface area contributed by atoms with Gasteiger partial charge in [-0.3, -0.25) is 0 Å². The molecule has 94 valence electrons. The lowest BCUT2D eigenvalue weighted by Gasteiger charge is -2.22. The SMILES string of the molecule is C=C(CCCC)NC(CCC)/C(C)=C\CC.